The van der Waals surface area contributed by atoms with E-state index in [-0.39, 0.29) is 18.2 Å². The molecule has 0 bridgehead atoms. The van der Waals surface area contributed by atoms with E-state index in [9.17, 15) is 4.39 Å². The first-order valence-corrected chi connectivity index (χ1v) is 8.46. The first-order chi connectivity index (χ1) is 10.3. The molecular weight excluding hydrogens is 299 g/mol. The van der Waals surface area contributed by atoms with Gasteiger partial charge in [-0.2, -0.15) is 0 Å². The summed E-state index contributed by atoms with van der Waals surface area (Å²) < 4.78 is 13.6. The van der Waals surface area contributed by atoms with E-state index < -0.39 is 0 Å². The maximum atomic E-state index is 13.6. The molecule has 1 aromatic rings. The van der Waals surface area contributed by atoms with Gasteiger partial charge in [-0.25, -0.2) is 4.39 Å². The van der Waals surface area contributed by atoms with Gasteiger partial charge in [0.05, 0.1) is 0 Å². The van der Waals surface area contributed by atoms with Crippen LogP contribution in [-0.2, 0) is 0 Å². The summed E-state index contributed by atoms with van der Waals surface area (Å²) in [5, 5.41) is 3.44. The molecule has 0 amide bonds. The minimum absolute atomic E-state index is 0. The summed E-state index contributed by atoms with van der Waals surface area (Å²) in [4.78, 5) is 2.62. The zero-order valence-corrected chi connectivity index (χ0v) is 14.3. The van der Waals surface area contributed by atoms with E-state index in [0.717, 1.165) is 37.7 Å². The second kappa shape index (κ2) is 8.28. The Morgan fingerprint density at radius 2 is 1.82 bits per heavy atom. The second-order valence-electron chi connectivity index (χ2n) is 6.64. The molecule has 1 aromatic carbocycles. The van der Waals surface area contributed by atoms with Crippen molar-refractivity contribution in [3.8, 4) is 0 Å². The van der Waals surface area contributed by atoms with Crippen LogP contribution in [0.2, 0.25) is 0 Å². The number of nitrogens with zero attached hydrogens (tertiary/aromatic N) is 1. The number of hydrogen-bond donors (Lipinski definition) is 1. The molecular formula is C18H28ClFN2. The lowest BCUT2D eigenvalue weighted by Gasteiger charge is -2.41. The molecule has 3 rings (SSSR count). The Hall–Kier alpha value is -0.640. The van der Waals surface area contributed by atoms with Crippen molar-refractivity contribution in [1.82, 2.24) is 10.2 Å². The average molecular weight is 327 g/mol. The van der Waals surface area contributed by atoms with Crippen LogP contribution in [0, 0.1) is 18.7 Å². The van der Waals surface area contributed by atoms with Crippen LogP contribution in [0.15, 0.2) is 18.2 Å². The normalized spacial score (nSPS) is 22.1. The molecule has 1 N–H and O–H groups in total. The van der Waals surface area contributed by atoms with Crippen LogP contribution in [0.1, 0.15) is 49.3 Å². The summed E-state index contributed by atoms with van der Waals surface area (Å²) in [7, 11) is 0. The van der Waals surface area contributed by atoms with Gasteiger partial charge in [0.25, 0.3) is 0 Å². The third-order valence-corrected chi connectivity index (χ3v) is 5.16. The molecule has 22 heavy (non-hydrogen) atoms. The number of hydrogen-bond acceptors (Lipinski definition) is 2. The first kappa shape index (κ1) is 17.7. The number of rotatable bonds is 3. The standard InChI is InChI=1S/C18H27FN2.ClH/c1-14-13-16(7-8-17(14)19)18(15-5-3-2-4-6-15)21-11-9-20-10-12-21;/h7-8,13,15,18,20H,2-6,9-12H2,1H3;1H/t18-;/m1./s1. The minimum Gasteiger partial charge on any atom is -0.314 e. The largest absolute Gasteiger partial charge is 0.314 e. The predicted molar refractivity (Wildman–Crippen MR) is 92.1 cm³/mol. The van der Waals surface area contributed by atoms with Gasteiger partial charge in [-0.05, 0) is 42.9 Å². The second-order valence-corrected chi connectivity index (χ2v) is 6.64. The number of aryl methyl sites for hydroxylation is 1. The lowest BCUT2D eigenvalue weighted by atomic mass is 9.80. The molecule has 124 valence electrons. The summed E-state index contributed by atoms with van der Waals surface area (Å²) in [5.74, 6) is 0.656. The molecule has 0 unspecified atom stereocenters. The van der Waals surface area contributed by atoms with E-state index in [1.807, 2.05) is 13.0 Å². The fraction of sp³-hybridized carbons (Fsp3) is 0.667. The van der Waals surface area contributed by atoms with Crippen LogP contribution < -0.4 is 5.32 Å². The summed E-state index contributed by atoms with van der Waals surface area (Å²) in [6.45, 7) is 6.25. The van der Waals surface area contributed by atoms with Crippen molar-refractivity contribution in [1.29, 1.82) is 0 Å². The van der Waals surface area contributed by atoms with Crippen molar-refractivity contribution in [3.63, 3.8) is 0 Å². The van der Waals surface area contributed by atoms with E-state index in [4.69, 9.17) is 0 Å². The summed E-state index contributed by atoms with van der Waals surface area (Å²) in [6, 6.07) is 6.23. The molecule has 1 saturated heterocycles. The summed E-state index contributed by atoms with van der Waals surface area (Å²) in [5.41, 5.74) is 2.10. The minimum atomic E-state index is -0.0820. The van der Waals surface area contributed by atoms with Crippen molar-refractivity contribution in [2.24, 2.45) is 5.92 Å². The van der Waals surface area contributed by atoms with Crippen molar-refractivity contribution < 1.29 is 4.39 Å². The highest BCUT2D eigenvalue weighted by atomic mass is 35.5. The molecule has 4 heteroatoms. The van der Waals surface area contributed by atoms with Gasteiger partial charge >= 0.3 is 0 Å². The molecule has 1 atom stereocenters. The SMILES string of the molecule is Cc1cc([C@@H](C2CCCCC2)N2CCNCC2)ccc1F.Cl. The fourth-order valence-electron chi connectivity index (χ4n) is 4.04. The first-order valence-electron chi connectivity index (χ1n) is 8.46. The van der Waals surface area contributed by atoms with E-state index in [1.165, 1.54) is 37.7 Å². The van der Waals surface area contributed by atoms with Gasteiger partial charge in [-0.15, -0.1) is 12.4 Å². The Bertz CT molecular complexity index is 450. The van der Waals surface area contributed by atoms with E-state index in [0.29, 0.717) is 6.04 Å². The molecule has 1 heterocycles. The molecule has 2 aliphatic rings. The smallest absolute Gasteiger partial charge is 0.126 e. The van der Waals surface area contributed by atoms with E-state index >= 15 is 0 Å². The Morgan fingerprint density at radius 3 is 2.45 bits per heavy atom. The third-order valence-electron chi connectivity index (χ3n) is 5.16. The van der Waals surface area contributed by atoms with E-state index in [2.05, 4.69) is 16.3 Å². The van der Waals surface area contributed by atoms with Crippen LogP contribution in [0.3, 0.4) is 0 Å². The van der Waals surface area contributed by atoms with Crippen LogP contribution in [0.25, 0.3) is 0 Å². The lowest BCUT2D eigenvalue weighted by Crippen LogP contribution is -2.47. The van der Waals surface area contributed by atoms with Gasteiger partial charge in [0, 0.05) is 32.2 Å². The van der Waals surface area contributed by atoms with Crippen LogP contribution in [-0.4, -0.2) is 31.1 Å². The van der Waals surface area contributed by atoms with Crippen LogP contribution in [0.4, 0.5) is 4.39 Å². The van der Waals surface area contributed by atoms with Gasteiger partial charge in [-0.1, -0.05) is 31.4 Å². The van der Waals surface area contributed by atoms with Crippen molar-refractivity contribution in [3.05, 3.63) is 35.1 Å². The molecule has 2 fully saturated rings. The van der Waals surface area contributed by atoms with Crippen molar-refractivity contribution in [2.45, 2.75) is 45.1 Å². The average Bonchev–Trinajstić information content (AvgIpc) is 2.53. The third kappa shape index (κ3) is 4.01. The Kier molecular flexibility index (Phi) is 6.66. The molecule has 1 aliphatic carbocycles. The number of halogens is 2. The predicted octanol–water partition coefficient (Wildman–Crippen LogP) is 4.08. The molecule has 0 radical (unpaired) electrons. The molecule has 1 aliphatic heterocycles. The molecule has 0 spiro atoms. The van der Waals surface area contributed by atoms with Gasteiger partial charge in [0.1, 0.15) is 5.82 Å². The zero-order chi connectivity index (χ0) is 14.7. The number of benzene rings is 1. The number of nitrogens with one attached hydrogen (secondary N) is 1. The monoisotopic (exact) mass is 326 g/mol. The van der Waals surface area contributed by atoms with Crippen molar-refractivity contribution >= 4 is 12.4 Å². The Balaban J connectivity index is 0.00000176. The maximum Gasteiger partial charge on any atom is 0.126 e. The maximum absolute atomic E-state index is 13.6. The highest BCUT2D eigenvalue weighted by molar-refractivity contribution is 5.85. The van der Waals surface area contributed by atoms with Crippen molar-refractivity contribution in [2.75, 3.05) is 26.2 Å². The summed E-state index contributed by atoms with van der Waals surface area (Å²) >= 11 is 0. The summed E-state index contributed by atoms with van der Waals surface area (Å²) in [6.07, 6.45) is 6.74. The van der Waals surface area contributed by atoms with Gasteiger partial charge in [0.15, 0.2) is 0 Å². The Labute approximate surface area is 139 Å². The quantitative estimate of drug-likeness (QED) is 0.900. The van der Waals surface area contributed by atoms with Crippen LogP contribution in [0.5, 0.6) is 0 Å². The van der Waals surface area contributed by atoms with E-state index in [1.54, 1.807) is 6.07 Å². The van der Waals surface area contributed by atoms with Gasteiger partial charge in [0.2, 0.25) is 0 Å². The highest BCUT2D eigenvalue weighted by Crippen LogP contribution is 2.38. The Morgan fingerprint density at radius 1 is 1.14 bits per heavy atom. The highest BCUT2D eigenvalue weighted by Gasteiger charge is 2.31. The zero-order valence-electron chi connectivity index (χ0n) is 13.5. The van der Waals surface area contributed by atoms with Crippen LogP contribution >= 0.6 is 12.4 Å². The van der Waals surface area contributed by atoms with Gasteiger partial charge < -0.3 is 5.32 Å². The lowest BCUT2D eigenvalue weighted by molar-refractivity contribution is 0.103. The van der Waals surface area contributed by atoms with Gasteiger partial charge in [-0.3, -0.25) is 4.90 Å². The molecule has 2 nitrogen and oxygen atoms in total. The molecule has 1 saturated carbocycles. The fourth-order valence-corrected chi connectivity index (χ4v) is 4.04. The number of piperazine rings is 1. The topological polar surface area (TPSA) is 15.3 Å². The molecule has 0 aromatic heterocycles.